The smallest absolute Gasteiger partial charge is 0.142 e. The molecule has 0 aliphatic heterocycles. The number of aldehydes is 1. The van der Waals surface area contributed by atoms with Crippen molar-refractivity contribution in [1.82, 2.24) is 0 Å². The molecule has 2 nitrogen and oxygen atoms in total. The molecule has 0 spiro atoms. The molecule has 0 N–H and O–H groups in total. The second-order valence-electron chi connectivity index (χ2n) is 1.72. The van der Waals surface area contributed by atoms with Gasteiger partial charge in [-0.2, -0.15) is 0 Å². The predicted octanol–water partition coefficient (Wildman–Crippen LogP) is 1.75. The molecule has 58 valence electrons. The van der Waals surface area contributed by atoms with Crippen molar-refractivity contribution in [1.29, 1.82) is 0 Å². The van der Waals surface area contributed by atoms with Gasteiger partial charge in [0.2, 0.25) is 0 Å². The Kier molecular flexibility index (Phi) is 13.0. The lowest BCUT2D eigenvalue weighted by atomic mass is 10.4. The predicted molar refractivity (Wildman–Crippen MR) is 41.9 cm³/mol. The Morgan fingerprint density at radius 3 is 1.90 bits per heavy atom. The van der Waals surface area contributed by atoms with Crippen molar-refractivity contribution in [3.05, 3.63) is 12.2 Å². The zero-order valence-corrected chi connectivity index (χ0v) is 6.76. The van der Waals surface area contributed by atoms with Gasteiger partial charge in [-0.25, -0.2) is 0 Å². The van der Waals surface area contributed by atoms with Crippen LogP contribution in [0.5, 0.6) is 0 Å². The third-order valence-electron chi connectivity index (χ3n) is 0.769. The van der Waals surface area contributed by atoms with Crippen molar-refractivity contribution in [3.63, 3.8) is 0 Å². The zero-order chi connectivity index (χ0) is 8.41. The maximum atomic E-state index is 9.81. The largest absolute Gasteiger partial charge is 0.300 e. The highest BCUT2D eigenvalue weighted by Crippen LogP contribution is 1.71. The van der Waals surface area contributed by atoms with Crippen LogP contribution in [0.1, 0.15) is 27.2 Å². The topological polar surface area (TPSA) is 34.1 Å². The molecule has 0 rings (SSSR count). The summed E-state index contributed by atoms with van der Waals surface area (Å²) < 4.78 is 0. The molecule has 0 amide bonds. The molecule has 0 atom stereocenters. The first-order valence-electron chi connectivity index (χ1n) is 3.24. The number of Topliss-reactive ketones (excluding diaryl/α,β-unsaturated/α-hetero) is 1. The van der Waals surface area contributed by atoms with Crippen molar-refractivity contribution < 1.29 is 9.59 Å². The van der Waals surface area contributed by atoms with Crippen LogP contribution in [-0.4, -0.2) is 12.1 Å². The van der Waals surface area contributed by atoms with Crippen LogP contribution in [0.15, 0.2) is 12.2 Å². The fraction of sp³-hybridized carbons (Fsp3) is 0.500. The molecule has 0 aromatic rings. The lowest BCUT2D eigenvalue weighted by Gasteiger charge is -1.71. The second-order valence-corrected chi connectivity index (χ2v) is 1.72. The van der Waals surface area contributed by atoms with E-state index >= 15 is 0 Å². The lowest BCUT2D eigenvalue weighted by molar-refractivity contribution is -0.116. The Morgan fingerprint density at radius 2 is 1.90 bits per heavy atom. The van der Waals surface area contributed by atoms with Gasteiger partial charge in [0.1, 0.15) is 12.1 Å². The Labute approximate surface area is 61.9 Å². The first-order chi connectivity index (χ1) is 4.68. The summed E-state index contributed by atoms with van der Waals surface area (Å²) >= 11 is 0. The molecule has 0 saturated carbocycles. The van der Waals surface area contributed by atoms with Crippen molar-refractivity contribution in [2.75, 3.05) is 0 Å². The zero-order valence-electron chi connectivity index (χ0n) is 6.76. The average Bonchev–Trinajstić information content (AvgIpc) is 1.91. The Morgan fingerprint density at radius 1 is 1.50 bits per heavy atom. The van der Waals surface area contributed by atoms with Gasteiger partial charge in [-0.1, -0.05) is 13.0 Å². The number of rotatable bonds is 2. The highest BCUT2D eigenvalue weighted by molar-refractivity contribution is 5.74. The van der Waals surface area contributed by atoms with E-state index in [1.165, 1.54) is 6.08 Å². The van der Waals surface area contributed by atoms with E-state index in [1.54, 1.807) is 19.9 Å². The highest BCUT2D eigenvalue weighted by Gasteiger charge is 1.76. The molecule has 0 bridgehead atoms. The molecule has 0 aliphatic carbocycles. The van der Waals surface area contributed by atoms with Crippen LogP contribution < -0.4 is 0 Å². The molecule has 2 heteroatoms. The van der Waals surface area contributed by atoms with Gasteiger partial charge < -0.3 is 4.79 Å². The molecule has 0 aromatic heterocycles. The number of hydrogen-bond acceptors (Lipinski definition) is 2. The molecule has 0 aliphatic rings. The Balaban J connectivity index is 0. The Bertz CT molecular complexity index is 114. The maximum absolute atomic E-state index is 9.81. The van der Waals surface area contributed by atoms with E-state index < -0.39 is 0 Å². The van der Waals surface area contributed by atoms with E-state index in [0.717, 1.165) is 6.29 Å². The minimum Gasteiger partial charge on any atom is -0.300 e. The molecule has 0 radical (unpaired) electrons. The SMILES string of the molecule is CC=CC=O.CCC(C)=O. The summed E-state index contributed by atoms with van der Waals surface area (Å²) in [4.78, 5) is 19.1. The molecule has 0 fully saturated rings. The van der Waals surface area contributed by atoms with E-state index in [-0.39, 0.29) is 5.78 Å². The van der Waals surface area contributed by atoms with E-state index in [0.29, 0.717) is 6.42 Å². The third kappa shape index (κ3) is 27.6. The van der Waals surface area contributed by atoms with Crippen LogP contribution in [0, 0.1) is 0 Å². The highest BCUT2D eigenvalue weighted by atomic mass is 16.1. The van der Waals surface area contributed by atoms with Gasteiger partial charge in [0.25, 0.3) is 0 Å². The van der Waals surface area contributed by atoms with Crippen LogP contribution in [0.3, 0.4) is 0 Å². The van der Waals surface area contributed by atoms with Crippen molar-refractivity contribution in [2.45, 2.75) is 27.2 Å². The van der Waals surface area contributed by atoms with Gasteiger partial charge in [-0.3, -0.25) is 4.79 Å². The van der Waals surface area contributed by atoms with Gasteiger partial charge in [0, 0.05) is 6.42 Å². The summed E-state index contributed by atoms with van der Waals surface area (Å²) in [6, 6.07) is 0. The Hall–Kier alpha value is -0.920. The van der Waals surface area contributed by atoms with E-state index in [1.807, 2.05) is 6.92 Å². The first-order valence-corrected chi connectivity index (χ1v) is 3.24. The number of carbonyl (C=O) groups is 2. The van der Waals surface area contributed by atoms with E-state index in [2.05, 4.69) is 0 Å². The summed E-state index contributed by atoms with van der Waals surface area (Å²) in [5, 5.41) is 0. The van der Waals surface area contributed by atoms with Gasteiger partial charge in [-0.15, -0.1) is 0 Å². The molecule has 0 unspecified atom stereocenters. The third-order valence-corrected chi connectivity index (χ3v) is 0.769. The van der Waals surface area contributed by atoms with Crippen molar-refractivity contribution in [2.24, 2.45) is 0 Å². The fourth-order valence-corrected chi connectivity index (χ4v) is 0.0786. The van der Waals surface area contributed by atoms with Gasteiger partial charge in [0.05, 0.1) is 0 Å². The standard InChI is InChI=1S/C4H8O.C4H6O/c1-3-4(2)5;1-2-3-4-5/h3H2,1-2H3;2-4H,1H3. The monoisotopic (exact) mass is 142 g/mol. The van der Waals surface area contributed by atoms with E-state index in [9.17, 15) is 9.59 Å². The quantitative estimate of drug-likeness (QED) is 0.434. The van der Waals surface area contributed by atoms with Crippen LogP contribution in [-0.2, 0) is 9.59 Å². The first kappa shape index (κ1) is 11.8. The number of ketones is 1. The van der Waals surface area contributed by atoms with Gasteiger partial charge in [-0.05, 0) is 19.9 Å². The van der Waals surface area contributed by atoms with Gasteiger partial charge in [0.15, 0.2) is 0 Å². The van der Waals surface area contributed by atoms with E-state index in [4.69, 9.17) is 0 Å². The summed E-state index contributed by atoms with van der Waals surface area (Å²) in [5.74, 6) is 0.255. The summed E-state index contributed by atoms with van der Waals surface area (Å²) in [6.45, 7) is 5.23. The second kappa shape index (κ2) is 11.0. The average molecular weight is 142 g/mol. The molecular formula is C8H14O2. The fourth-order valence-electron chi connectivity index (χ4n) is 0.0786. The van der Waals surface area contributed by atoms with Crippen molar-refractivity contribution in [3.8, 4) is 0 Å². The molecule has 0 saturated heterocycles. The molecule has 10 heavy (non-hydrogen) atoms. The minimum absolute atomic E-state index is 0.255. The van der Waals surface area contributed by atoms with Crippen LogP contribution in [0.4, 0.5) is 0 Å². The molecule has 0 heterocycles. The number of allylic oxidation sites excluding steroid dienone is 2. The summed E-state index contributed by atoms with van der Waals surface area (Å²) in [7, 11) is 0. The van der Waals surface area contributed by atoms with Gasteiger partial charge >= 0.3 is 0 Å². The number of hydrogen-bond donors (Lipinski definition) is 0. The van der Waals surface area contributed by atoms with Crippen LogP contribution >= 0.6 is 0 Å². The minimum atomic E-state index is 0.255. The lowest BCUT2D eigenvalue weighted by Crippen LogP contribution is -1.80. The molecule has 0 aromatic carbocycles. The number of carbonyl (C=O) groups excluding carboxylic acids is 2. The van der Waals surface area contributed by atoms with Crippen LogP contribution in [0.2, 0.25) is 0 Å². The maximum Gasteiger partial charge on any atom is 0.142 e. The summed E-state index contributed by atoms with van der Waals surface area (Å²) in [6.07, 6.45) is 4.55. The summed E-state index contributed by atoms with van der Waals surface area (Å²) in [5.41, 5.74) is 0. The molecular weight excluding hydrogens is 128 g/mol. The van der Waals surface area contributed by atoms with Crippen molar-refractivity contribution >= 4 is 12.1 Å². The normalized spacial score (nSPS) is 8.30. The van der Waals surface area contributed by atoms with Crippen LogP contribution in [0.25, 0.3) is 0 Å².